The second-order valence-electron chi connectivity index (χ2n) is 5.39. The minimum absolute atomic E-state index is 0.0726. The number of nitrogens with zero attached hydrogens (tertiary/aromatic N) is 1. The van der Waals surface area contributed by atoms with Crippen molar-refractivity contribution in [2.75, 3.05) is 5.43 Å². The van der Waals surface area contributed by atoms with Crippen molar-refractivity contribution in [3.8, 4) is 0 Å². The van der Waals surface area contributed by atoms with Gasteiger partial charge in [0.15, 0.2) is 0 Å². The van der Waals surface area contributed by atoms with Gasteiger partial charge in [0.2, 0.25) is 5.91 Å². The van der Waals surface area contributed by atoms with E-state index in [1.54, 1.807) is 18.5 Å². The number of nitrogens with one attached hydrogen (secondary N) is 2. The molecule has 4 nitrogen and oxygen atoms in total. The Bertz CT molecular complexity index is 703. The Morgan fingerprint density at radius 3 is 2.65 bits per heavy atom. The summed E-state index contributed by atoms with van der Waals surface area (Å²) in [5, 5.41) is 0. The van der Waals surface area contributed by atoms with E-state index in [-0.39, 0.29) is 23.4 Å². The summed E-state index contributed by atoms with van der Waals surface area (Å²) in [6.45, 7) is 0. The van der Waals surface area contributed by atoms with Gasteiger partial charge in [0.05, 0.1) is 11.3 Å². The number of aromatic nitrogens is 1. The van der Waals surface area contributed by atoms with Crippen LogP contribution in [0.3, 0.4) is 0 Å². The molecule has 3 rings (SSSR count). The number of halogens is 3. The molecule has 7 heteroatoms. The van der Waals surface area contributed by atoms with Crippen LogP contribution in [-0.4, -0.2) is 10.9 Å². The first-order valence-electron chi connectivity index (χ1n) is 7.09. The van der Waals surface area contributed by atoms with Crippen molar-refractivity contribution >= 4 is 11.6 Å². The van der Waals surface area contributed by atoms with E-state index in [9.17, 15) is 18.0 Å². The summed E-state index contributed by atoms with van der Waals surface area (Å²) in [6, 6.07) is 8.69. The average Bonchev–Trinajstić information content (AvgIpc) is 3.33. The number of para-hydroxylation sites is 1. The Balaban J connectivity index is 1.61. The summed E-state index contributed by atoms with van der Waals surface area (Å²) in [5.74, 6) is -0.496. The van der Waals surface area contributed by atoms with E-state index in [2.05, 4.69) is 15.8 Å². The van der Waals surface area contributed by atoms with Crippen LogP contribution in [0.1, 0.15) is 23.5 Å². The molecule has 2 N–H and O–H groups in total. The molecule has 2 atom stereocenters. The van der Waals surface area contributed by atoms with Crippen molar-refractivity contribution in [1.82, 2.24) is 10.4 Å². The molecule has 1 amide bonds. The smallest absolute Gasteiger partial charge is 0.298 e. The number of hydrazine groups is 1. The second kappa shape index (κ2) is 5.91. The zero-order valence-corrected chi connectivity index (χ0v) is 12.0. The van der Waals surface area contributed by atoms with Crippen molar-refractivity contribution in [2.45, 2.75) is 18.5 Å². The maximum atomic E-state index is 12.9. The minimum Gasteiger partial charge on any atom is -0.298 e. The predicted octanol–water partition coefficient (Wildman–Crippen LogP) is 3.35. The molecular weight excluding hydrogens is 307 g/mol. The maximum absolute atomic E-state index is 12.9. The van der Waals surface area contributed by atoms with E-state index >= 15 is 0 Å². The van der Waals surface area contributed by atoms with Crippen molar-refractivity contribution in [1.29, 1.82) is 0 Å². The Hall–Kier alpha value is -2.57. The standard InChI is InChI=1S/C16H14F3N3O/c17-16(18,19)13-5-1-2-6-14(13)21-22-15(23)12-8-11(12)10-4-3-7-20-9-10/h1-7,9,11-12,21H,8H2,(H,22,23)/t11-,12-/m1/s1. The number of carbonyl (C=O) groups excluding carboxylic acids is 1. The number of rotatable bonds is 4. The third kappa shape index (κ3) is 3.44. The van der Waals surface area contributed by atoms with Gasteiger partial charge in [-0.1, -0.05) is 18.2 Å². The Morgan fingerprint density at radius 2 is 1.96 bits per heavy atom. The molecule has 0 bridgehead atoms. The highest BCUT2D eigenvalue weighted by molar-refractivity contribution is 5.84. The van der Waals surface area contributed by atoms with Gasteiger partial charge in [-0.05, 0) is 36.1 Å². The SMILES string of the molecule is O=C(NNc1ccccc1C(F)(F)F)[C@@H]1C[C@@H]1c1cccnc1. The molecule has 23 heavy (non-hydrogen) atoms. The first kappa shape index (κ1) is 15.3. The molecule has 0 saturated heterocycles. The third-order valence-electron chi connectivity index (χ3n) is 3.79. The molecular formula is C16H14F3N3O. The fourth-order valence-electron chi connectivity index (χ4n) is 2.51. The van der Waals surface area contributed by atoms with Gasteiger partial charge < -0.3 is 0 Å². The molecule has 0 aliphatic heterocycles. The molecule has 1 aromatic carbocycles. The number of hydrogen-bond donors (Lipinski definition) is 2. The molecule has 1 heterocycles. The zero-order valence-electron chi connectivity index (χ0n) is 12.0. The van der Waals surface area contributed by atoms with Gasteiger partial charge in [-0.3, -0.25) is 20.6 Å². The normalized spacial score (nSPS) is 20.0. The fraction of sp³-hybridized carbons (Fsp3) is 0.250. The Kier molecular flexibility index (Phi) is 3.94. The molecule has 120 valence electrons. The fourth-order valence-corrected chi connectivity index (χ4v) is 2.51. The number of alkyl halides is 3. The Morgan fingerprint density at radius 1 is 1.17 bits per heavy atom. The van der Waals surface area contributed by atoms with Gasteiger partial charge in [0.1, 0.15) is 0 Å². The molecule has 0 unspecified atom stereocenters. The topological polar surface area (TPSA) is 54.0 Å². The van der Waals surface area contributed by atoms with E-state index in [1.807, 2.05) is 6.07 Å². The van der Waals surface area contributed by atoms with Crippen molar-refractivity contribution in [3.05, 3.63) is 59.9 Å². The van der Waals surface area contributed by atoms with Crippen LogP contribution >= 0.6 is 0 Å². The largest absolute Gasteiger partial charge is 0.418 e. The van der Waals surface area contributed by atoms with Gasteiger partial charge in [-0.25, -0.2) is 0 Å². The van der Waals surface area contributed by atoms with Gasteiger partial charge >= 0.3 is 6.18 Å². The van der Waals surface area contributed by atoms with Crippen molar-refractivity contribution < 1.29 is 18.0 Å². The molecule has 0 spiro atoms. The maximum Gasteiger partial charge on any atom is 0.418 e. The van der Waals surface area contributed by atoms with Crippen LogP contribution in [0.4, 0.5) is 18.9 Å². The summed E-state index contributed by atoms with van der Waals surface area (Å²) in [5.41, 5.74) is 4.71. The molecule has 1 aromatic heterocycles. The monoisotopic (exact) mass is 321 g/mol. The van der Waals surface area contributed by atoms with E-state index in [1.165, 1.54) is 18.2 Å². The average molecular weight is 321 g/mol. The van der Waals surface area contributed by atoms with Crippen LogP contribution in [0.2, 0.25) is 0 Å². The van der Waals surface area contributed by atoms with Crippen molar-refractivity contribution in [3.63, 3.8) is 0 Å². The van der Waals surface area contributed by atoms with Gasteiger partial charge in [0, 0.05) is 18.3 Å². The molecule has 1 aliphatic carbocycles. The first-order chi connectivity index (χ1) is 11.0. The minimum atomic E-state index is -4.48. The van der Waals surface area contributed by atoms with Gasteiger partial charge in [-0.15, -0.1) is 0 Å². The number of hydrogen-bond acceptors (Lipinski definition) is 3. The third-order valence-corrected chi connectivity index (χ3v) is 3.79. The van der Waals surface area contributed by atoms with Crippen LogP contribution in [0.25, 0.3) is 0 Å². The summed E-state index contributed by atoms with van der Waals surface area (Å²) in [6.07, 6.45) is -0.465. The lowest BCUT2D eigenvalue weighted by molar-refractivity contribution is -0.137. The number of amides is 1. The number of anilines is 1. The molecule has 2 aromatic rings. The molecule has 1 saturated carbocycles. The van der Waals surface area contributed by atoms with Crippen LogP contribution < -0.4 is 10.9 Å². The zero-order chi connectivity index (χ0) is 16.4. The lowest BCUT2D eigenvalue weighted by Crippen LogP contribution is -2.32. The van der Waals surface area contributed by atoms with E-state index in [0.29, 0.717) is 6.42 Å². The molecule has 0 radical (unpaired) electrons. The summed E-state index contributed by atoms with van der Waals surface area (Å²) < 4.78 is 38.6. The van der Waals surface area contributed by atoms with Crippen LogP contribution in [0.5, 0.6) is 0 Å². The van der Waals surface area contributed by atoms with Crippen LogP contribution in [0.15, 0.2) is 48.8 Å². The number of carbonyl (C=O) groups is 1. The van der Waals surface area contributed by atoms with E-state index in [0.717, 1.165) is 11.6 Å². The van der Waals surface area contributed by atoms with Crippen LogP contribution in [-0.2, 0) is 11.0 Å². The number of pyridine rings is 1. The summed E-state index contributed by atoms with van der Waals surface area (Å²) >= 11 is 0. The lowest BCUT2D eigenvalue weighted by Gasteiger charge is -2.14. The second-order valence-corrected chi connectivity index (χ2v) is 5.39. The predicted molar refractivity (Wildman–Crippen MR) is 78.3 cm³/mol. The van der Waals surface area contributed by atoms with Crippen molar-refractivity contribution in [2.24, 2.45) is 5.92 Å². The van der Waals surface area contributed by atoms with Crippen LogP contribution in [0, 0.1) is 5.92 Å². The highest BCUT2D eigenvalue weighted by atomic mass is 19.4. The van der Waals surface area contributed by atoms with Gasteiger partial charge in [0.25, 0.3) is 0 Å². The molecule has 1 fully saturated rings. The van der Waals surface area contributed by atoms with Gasteiger partial charge in [-0.2, -0.15) is 13.2 Å². The Labute approximate surface area is 130 Å². The van der Waals surface area contributed by atoms with E-state index < -0.39 is 11.7 Å². The number of benzene rings is 1. The highest BCUT2D eigenvalue weighted by Crippen LogP contribution is 2.47. The lowest BCUT2D eigenvalue weighted by atomic mass is 10.1. The van der Waals surface area contributed by atoms with E-state index in [4.69, 9.17) is 0 Å². The first-order valence-corrected chi connectivity index (χ1v) is 7.09. The quantitative estimate of drug-likeness (QED) is 0.849. The molecule has 1 aliphatic rings. The summed E-state index contributed by atoms with van der Waals surface area (Å²) in [7, 11) is 0. The highest BCUT2D eigenvalue weighted by Gasteiger charge is 2.44. The summed E-state index contributed by atoms with van der Waals surface area (Å²) in [4.78, 5) is 16.0.